The Morgan fingerprint density at radius 3 is 2.54 bits per heavy atom. The third kappa shape index (κ3) is 3.97. The molecule has 0 atom stereocenters. The van der Waals surface area contributed by atoms with Gasteiger partial charge in [-0.2, -0.15) is 23.4 Å². The second kappa shape index (κ2) is 7.44. The Morgan fingerprint density at radius 2 is 1.93 bits per heavy atom. The van der Waals surface area contributed by atoms with Crippen molar-refractivity contribution in [3.05, 3.63) is 63.3 Å². The van der Waals surface area contributed by atoms with E-state index >= 15 is 0 Å². The van der Waals surface area contributed by atoms with E-state index in [1.807, 2.05) is 0 Å². The van der Waals surface area contributed by atoms with Crippen LogP contribution in [0.5, 0.6) is 0 Å². The predicted molar refractivity (Wildman–Crippen MR) is 93.9 cm³/mol. The molecule has 0 bridgehead atoms. The minimum absolute atomic E-state index is 0.00787. The number of amides is 1. The van der Waals surface area contributed by atoms with Crippen molar-refractivity contribution in [1.82, 2.24) is 19.6 Å². The van der Waals surface area contributed by atoms with Crippen LogP contribution in [0.25, 0.3) is 0 Å². The maximum Gasteiger partial charge on any atom is 0.436 e. The van der Waals surface area contributed by atoms with Gasteiger partial charge in [-0.05, 0) is 12.1 Å². The zero-order valence-electron chi connectivity index (χ0n) is 14.1. The molecule has 0 spiro atoms. The van der Waals surface area contributed by atoms with Crippen LogP contribution >= 0.6 is 23.2 Å². The van der Waals surface area contributed by atoms with Gasteiger partial charge in [-0.3, -0.25) is 14.2 Å². The predicted octanol–water partition coefficient (Wildman–Crippen LogP) is 4.38. The van der Waals surface area contributed by atoms with Crippen molar-refractivity contribution in [3.63, 3.8) is 0 Å². The molecular weight excluding hydrogens is 425 g/mol. The number of carbonyl (C=O) groups is 1. The fourth-order valence-corrected chi connectivity index (χ4v) is 3.04. The van der Waals surface area contributed by atoms with E-state index in [1.165, 1.54) is 35.1 Å². The maximum atomic E-state index is 13.9. The van der Waals surface area contributed by atoms with Gasteiger partial charge in [0.05, 0.1) is 6.54 Å². The topological polar surface area (TPSA) is 64.7 Å². The molecule has 2 heterocycles. The van der Waals surface area contributed by atoms with Gasteiger partial charge in [0.25, 0.3) is 5.91 Å². The zero-order chi connectivity index (χ0) is 20.6. The summed E-state index contributed by atoms with van der Waals surface area (Å²) in [5.74, 6) is -1.41. The smallest absolute Gasteiger partial charge is 0.304 e. The number of benzene rings is 1. The lowest BCUT2D eigenvalue weighted by Gasteiger charge is -2.06. The molecule has 3 rings (SSSR count). The first kappa shape index (κ1) is 20.2. The fourth-order valence-electron chi connectivity index (χ4n) is 2.46. The summed E-state index contributed by atoms with van der Waals surface area (Å²) in [6, 6.07) is 5.62. The van der Waals surface area contributed by atoms with Gasteiger partial charge in [-0.15, -0.1) is 0 Å². The number of nitrogens with zero attached hydrogens (tertiary/aromatic N) is 4. The summed E-state index contributed by atoms with van der Waals surface area (Å²) in [5, 5.41) is 9.00. The first-order valence-electron chi connectivity index (χ1n) is 7.65. The van der Waals surface area contributed by atoms with Gasteiger partial charge in [0.2, 0.25) is 0 Å². The number of alkyl halides is 3. The lowest BCUT2D eigenvalue weighted by molar-refractivity contribution is -0.141. The van der Waals surface area contributed by atoms with Crippen LogP contribution in [0.2, 0.25) is 10.0 Å². The van der Waals surface area contributed by atoms with E-state index in [4.69, 9.17) is 23.2 Å². The number of nitrogens with one attached hydrogen (secondary N) is 1. The molecule has 0 aliphatic heterocycles. The van der Waals surface area contributed by atoms with Crippen molar-refractivity contribution in [1.29, 1.82) is 0 Å². The molecule has 0 aliphatic carbocycles. The minimum Gasteiger partial charge on any atom is -0.304 e. The van der Waals surface area contributed by atoms with Crippen molar-refractivity contribution in [2.45, 2.75) is 12.7 Å². The van der Waals surface area contributed by atoms with E-state index in [0.717, 1.165) is 11.7 Å². The van der Waals surface area contributed by atoms with Gasteiger partial charge in [-0.25, -0.2) is 4.39 Å². The molecule has 2 aromatic heterocycles. The highest BCUT2D eigenvalue weighted by molar-refractivity contribution is 6.34. The summed E-state index contributed by atoms with van der Waals surface area (Å²) < 4.78 is 54.5. The third-order valence-corrected chi connectivity index (χ3v) is 4.45. The van der Waals surface area contributed by atoms with Crippen LogP contribution in [0, 0.1) is 5.82 Å². The molecule has 0 fully saturated rings. The quantitative estimate of drug-likeness (QED) is 0.618. The van der Waals surface area contributed by atoms with E-state index in [2.05, 4.69) is 15.5 Å². The lowest BCUT2D eigenvalue weighted by atomic mass is 10.2. The number of halogens is 6. The summed E-state index contributed by atoms with van der Waals surface area (Å²) in [7, 11) is 1.16. The van der Waals surface area contributed by atoms with Crippen molar-refractivity contribution in [2.75, 3.05) is 5.32 Å². The van der Waals surface area contributed by atoms with E-state index in [1.54, 1.807) is 0 Å². The Morgan fingerprint density at radius 1 is 1.21 bits per heavy atom. The average molecular weight is 436 g/mol. The molecule has 6 nitrogen and oxygen atoms in total. The molecule has 0 radical (unpaired) electrons. The van der Waals surface area contributed by atoms with Crippen LogP contribution in [0.4, 0.5) is 23.4 Å². The molecule has 1 N–H and O–H groups in total. The first-order valence-corrected chi connectivity index (χ1v) is 8.41. The molecule has 0 unspecified atom stereocenters. The van der Waals surface area contributed by atoms with Gasteiger partial charge >= 0.3 is 6.18 Å². The van der Waals surface area contributed by atoms with Crippen molar-refractivity contribution in [3.8, 4) is 0 Å². The molecule has 0 aliphatic rings. The number of aryl methyl sites for hydroxylation is 1. The van der Waals surface area contributed by atoms with Gasteiger partial charge in [0, 0.05) is 29.9 Å². The van der Waals surface area contributed by atoms with Crippen LogP contribution in [0.15, 0.2) is 30.5 Å². The molecule has 1 aromatic carbocycles. The van der Waals surface area contributed by atoms with E-state index < -0.39 is 34.3 Å². The summed E-state index contributed by atoms with van der Waals surface area (Å²) in [4.78, 5) is 12.3. The van der Waals surface area contributed by atoms with E-state index in [0.29, 0.717) is 0 Å². The Hall–Kier alpha value is -2.59. The van der Waals surface area contributed by atoms with Crippen molar-refractivity contribution in [2.24, 2.45) is 7.05 Å². The highest BCUT2D eigenvalue weighted by Gasteiger charge is 2.39. The maximum absolute atomic E-state index is 13.9. The van der Waals surface area contributed by atoms with Crippen LogP contribution in [-0.2, 0) is 19.8 Å². The summed E-state index contributed by atoms with van der Waals surface area (Å²) >= 11 is 11.6. The molecule has 0 saturated carbocycles. The zero-order valence-corrected chi connectivity index (χ0v) is 15.6. The molecule has 12 heteroatoms. The Bertz CT molecular complexity index is 1020. The number of rotatable bonds is 4. The fraction of sp³-hybridized carbons (Fsp3) is 0.188. The highest BCUT2D eigenvalue weighted by atomic mass is 35.5. The van der Waals surface area contributed by atoms with Gasteiger partial charge < -0.3 is 5.32 Å². The Balaban J connectivity index is 1.79. The molecular formula is C16H11Cl2F4N5O. The molecule has 148 valence electrons. The van der Waals surface area contributed by atoms with Gasteiger partial charge in [-0.1, -0.05) is 29.3 Å². The van der Waals surface area contributed by atoms with E-state index in [9.17, 15) is 22.4 Å². The number of hydrogen-bond donors (Lipinski definition) is 1. The SMILES string of the molecule is Cn1nc(C(F)(F)F)c(Cl)c1C(=O)Nc1ccn(Cc2c(F)cccc2Cl)n1. The van der Waals surface area contributed by atoms with Gasteiger partial charge in [0.15, 0.2) is 11.5 Å². The number of anilines is 1. The molecule has 1 amide bonds. The lowest BCUT2D eigenvalue weighted by Crippen LogP contribution is -2.17. The Labute approximate surface area is 165 Å². The monoisotopic (exact) mass is 435 g/mol. The summed E-state index contributed by atoms with van der Waals surface area (Å²) in [6.07, 6.45) is -3.35. The minimum atomic E-state index is -4.80. The largest absolute Gasteiger partial charge is 0.436 e. The third-order valence-electron chi connectivity index (χ3n) is 3.74. The molecule has 0 saturated heterocycles. The number of hydrogen-bond acceptors (Lipinski definition) is 3. The second-order valence-corrected chi connectivity index (χ2v) is 6.47. The summed E-state index contributed by atoms with van der Waals surface area (Å²) in [6.45, 7) is -0.00787. The van der Waals surface area contributed by atoms with Gasteiger partial charge in [0.1, 0.15) is 16.5 Å². The average Bonchev–Trinajstić information content (AvgIpc) is 3.14. The summed E-state index contributed by atoms with van der Waals surface area (Å²) in [5.41, 5.74) is -1.63. The van der Waals surface area contributed by atoms with Crippen molar-refractivity contribution < 1.29 is 22.4 Å². The normalized spacial score (nSPS) is 11.7. The van der Waals surface area contributed by atoms with Crippen LogP contribution in [0.1, 0.15) is 21.7 Å². The first-order chi connectivity index (χ1) is 13.1. The number of carbonyl (C=O) groups excluding carboxylic acids is 1. The van der Waals surface area contributed by atoms with Crippen molar-refractivity contribution >= 4 is 34.9 Å². The highest BCUT2D eigenvalue weighted by Crippen LogP contribution is 2.35. The van der Waals surface area contributed by atoms with E-state index in [-0.39, 0.29) is 22.9 Å². The molecule has 28 heavy (non-hydrogen) atoms. The Kier molecular flexibility index (Phi) is 5.35. The standard InChI is InChI=1S/C16H11Cl2F4N5O/c1-26-13(12(18)14(25-26)16(20,21)22)15(28)23-11-5-6-27(24-11)7-8-9(17)3-2-4-10(8)19/h2-6H,7H2,1H3,(H,23,24,28). The molecule has 3 aromatic rings. The van der Waals surface area contributed by atoms with Crippen LogP contribution in [-0.4, -0.2) is 25.5 Å². The second-order valence-electron chi connectivity index (χ2n) is 5.69. The van der Waals surface area contributed by atoms with Crippen LogP contribution in [0.3, 0.4) is 0 Å². The number of aromatic nitrogens is 4. The van der Waals surface area contributed by atoms with Crippen LogP contribution < -0.4 is 5.32 Å².